The highest BCUT2D eigenvalue weighted by molar-refractivity contribution is 7.16. The second-order valence-electron chi connectivity index (χ2n) is 5.54. The molecule has 4 nitrogen and oxygen atoms in total. The van der Waals surface area contributed by atoms with E-state index >= 15 is 0 Å². The van der Waals surface area contributed by atoms with Crippen molar-refractivity contribution >= 4 is 22.9 Å². The highest BCUT2D eigenvalue weighted by Crippen LogP contribution is 2.36. The quantitative estimate of drug-likeness (QED) is 0.731. The largest absolute Gasteiger partial charge is 0.382 e. The van der Waals surface area contributed by atoms with E-state index in [2.05, 4.69) is 4.98 Å². The average Bonchev–Trinajstić information content (AvgIpc) is 3.20. The smallest absolute Gasteiger partial charge is 0.162 e. The molecular formula is C17H12ClF2N3OS. The first-order chi connectivity index (χ1) is 11.9. The molecule has 3 rings (SSSR count). The zero-order chi connectivity index (χ0) is 18.0. The van der Waals surface area contributed by atoms with Crippen LogP contribution in [-0.4, -0.2) is 14.7 Å². The van der Waals surface area contributed by atoms with Crippen LogP contribution in [0.3, 0.4) is 0 Å². The monoisotopic (exact) mass is 379 g/mol. The lowest BCUT2D eigenvalue weighted by atomic mass is 9.92. The van der Waals surface area contributed by atoms with Gasteiger partial charge in [-0.1, -0.05) is 23.7 Å². The van der Waals surface area contributed by atoms with Gasteiger partial charge in [-0.3, -0.25) is 0 Å². The maximum atomic E-state index is 14.1. The Morgan fingerprint density at radius 1 is 1.32 bits per heavy atom. The maximum absolute atomic E-state index is 14.1. The Kier molecular flexibility index (Phi) is 4.86. The molecule has 2 heterocycles. The van der Waals surface area contributed by atoms with Crippen molar-refractivity contribution in [2.45, 2.75) is 18.6 Å². The molecule has 2 aromatic heterocycles. The third-order valence-electron chi connectivity index (χ3n) is 3.81. The summed E-state index contributed by atoms with van der Waals surface area (Å²) in [5.74, 6) is -1.99. The van der Waals surface area contributed by atoms with Crippen LogP contribution >= 0.6 is 22.9 Å². The third kappa shape index (κ3) is 3.56. The molecule has 0 fully saturated rings. The molecule has 0 amide bonds. The van der Waals surface area contributed by atoms with E-state index in [9.17, 15) is 13.9 Å². The Bertz CT molecular complexity index is 950. The average molecular weight is 380 g/mol. The molecule has 1 unspecified atom stereocenters. The van der Waals surface area contributed by atoms with Gasteiger partial charge in [0.1, 0.15) is 17.4 Å². The van der Waals surface area contributed by atoms with Crippen molar-refractivity contribution < 1.29 is 13.9 Å². The van der Waals surface area contributed by atoms with E-state index in [0.29, 0.717) is 9.21 Å². The SMILES string of the molecule is N#Cc1cncn1CC(O)(Cc1cccc(F)c1F)c1ccc(Cl)s1. The van der Waals surface area contributed by atoms with Crippen LogP contribution in [0.2, 0.25) is 4.34 Å². The van der Waals surface area contributed by atoms with Crippen LogP contribution in [0.1, 0.15) is 16.1 Å². The lowest BCUT2D eigenvalue weighted by molar-refractivity contribution is 0.0210. The molecule has 8 heteroatoms. The number of hydrogen-bond donors (Lipinski definition) is 1. The summed E-state index contributed by atoms with van der Waals surface area (Å²) in [6.45, 7) is -0.0529. The molecule has 0 saturated carbocycles. The molecule has 128 valence electrons. The Morgan fingerprint density at radius 2 is 2.12 bits per heavy atom. The fourth-order valence-electron chi connectivity index (χ4n) is 2.61. The first-order valence-electron chi connectivity index (χ1n) is 7.24. The normalized spacial score (nSPS) is 13.4. The fourth-order valence-corrected chi connectivity index (χ4v) is 3.73. The number of aromatic nitrogens is 2. The minimum Gasteiger partial charge on any atom is -0.382 e. The zero-order valence-electron chi connectivity index (χ0n) is 12.8. The van der Waals surface area contributed by atoms with E-state index in [-0.39, 0.29) is 24.2 Å². The van der Waals surface area contributed by atoms with Crippen LogP contribution < -0.4 is 0 Å². The van der Waals surface area contributed by atoms with E-state index in [1.807, 2.05) is 6.07 Å². The van der Waals surface area contributed by atoms with E-state index in [0.717, 1.165) is 17.4 Å². The molecular weight excluding hydrogens is 368 g/mol. The first-order valence-corrected chi connectivity index (χ1v) is 8.44. The highest BCUT2D eigenvalue weighted by Gasteiger charge is 2.34. The Morgan fingerprint density at radius 3 is 2.80 bits per heavy atom. The van der Waals surface area contributed by atoms with Gasteiger partial charge in [-0.15, -0.1) is 11.3 Å². The molecule has 25 heavy (non-hydrogen) atoms. The van der Waals surface area contributed by atoms with Gasteiger partial charge in [0.15, 0.2) is 11.6 Å². The predicted octanol–water partition coefficient (Wildman–Crippen LogP) is 3.88. The molecule has 0 aliphatic carbocycles. The molecule has 1 aromatic carbocycles. The summed E-state index contributed by atoms with van der Waals surface area (Å²) < 4.78 is 29.5. The second kappa shape index (κ2) is 6.92. The van der Waals surface area contributed by atoms with Gasteiger partial charge in [-0.05, 0) is 23.8 Å². The van der Waals surface area contributed by atoms with Crippen molar-refractivity contribution in [3.63, 3.8) is 0 Å². The number of aliphatic hydroxyl groups is 1. The lowest BCUT2D eigenvalue weighted by Gasteiger charge is -2.28. The van der Waals surface area contributed by atoms with Gasteiger partial charge in [-0.2, -0.15) is 5.26 Å². The number of rotatable bonds is 5. The van der Waals surface area contributed by atoms with Crippen molar-refractivity contribution in [2.24, 2.45) is 0 Å². The molecule has 0 aliphatic rings. The Balaban J connectivity index is 2.03. The van der Waals surface area contributed by atoms with Crippen LogP contribution in [0.5, 0.6) is 0 Å². The molecule has 1 atom stereocenters. The minimum absolute atomic E-state index is 0.0330. The number of imidazole rings is 1. The van der Waals surface area contributed by atoms with Gasteiger partial charge in [-0.25, -0.2) is 13.8 Å². The molecule has 0 aliphatic heterocycles. The van der Waals surface area contributed by atoms with E-state index in [1.54, 1.807) is 12.1 Å². The van der Waals surface area contributed by atoms with Crippen molar-refractivity contribution in [3.8, 4) is 6.07 Å². The summed E-state index contributed by atoms with van der Waals surface area (Å²) in [5.41, 5.74) is -1.30. The van der Waals surface area contributed by atoms with Crippen LogP contribution in [0.15, 0.2) is 42.9 Å². The van der Waals surface area contributed by atoms with Crippen LogP contribution in [0.25, 0.3) is 0 Å². The fraction of sp³-hybridized carbons (Fsp3) is 0.176. The second-order valence-corrected chi connectivity index (χ2v) is 7.26. The zero-order valence-corrected chi connectivity index (χ0v) is 14.4. The summed E-state index contributed by atoms with van der Waals surface area (Å²) in [6, 6.07) is 9.04. The van der Waals surface area contributed by atoms with E-state index in [4.69, 9.17) is 16.9 Å². The van der Waals surface area contributed by atoms with Crippen molar-refractivity contribution in [1.82, 2.24) is 9.55 Å². The van der Waals surface area contributed by atoms with Gasteiger partial charge < -0.3 is 9.67 Å². The first kappa shape index (κ1) is 17.5. The molecule has 3 aromatic rings. The van der Waals surface area contributed by atoms with Crippen molar-refractivity contribution in [3.05, 3.63) is 75.0 Å². The standard InChI is InChI=1S/C17H12ClF2N3OS/c18-15-5-4-14(25-15)17(24,9-23-10-22-8-12(23)7-21)6-11-2-1-3-13(19)16(11)20/h1-5,8,10,24H,6,9H2. The van der Waals surface area contributed by atoms with Gasteiger partial charge in [0.25, 0.3) is 0 Å². The number of hydrogen-bond acceptors (Lipinski definition) is 4. The summed E-state index contributed by atoms with van der Waals surface area (Å²) in [7, 11) is 0. The summed E-state index contributed by atoms with van der Waals surface area (Å²) >= 11 is 7.11. The van der Waals surface area contributed by atoms with Crippen molar-refractivity contribution in [2.75, 3.05) is 0 Å². The predicted molar refractivity (Wildman–Crippen MR) is 90.2 cm³/mol. The van der Waals surface area contributed by atoms with Crippen molar-refractivity contribution in [1.29, 1.82) is 5.26 Å². The number of thiophene rings is 1. The molecule has 1 N–H and O–H groups in total. The van der Waals surface area contributed by atoms with E-state index in [1.165, 1.54) is 29.2 Å². The number of halogens is 3. The Hall–Kier alpha value is -2.27. The van der Waals surface area contributed by atoms with Crippen LogP contribution in [-0.2, 0) is 18.6 Å². The Labute approximate surface area is 151 Å². The van der Waals surface area contributed by atoms with Crippen LogP contribution in [0.4, 0.5) is 8.78 Å². The summed E-state index contributed by atoms with van der Waals surface area (Å²) in [5, 5.41) is 20.4. The van der Waals surface area contributed by atoms with Crippen LogP contribution in [0, 0.1) is 23.0 Å². The minimum atomic E-state index is -1.58. The summed E-state index contributed by atoms with van der Waals surface area (Å²) in [6.07, 6.45) is 2.59. The lowest BCUT2D eigenvalue weighted by Crippen LogP contribution is -2.33. The molecule has 0 spiro atoms. The number of benzene rings is 1. The topological polar surface area (TPSA) is 61.8 Å². The van der Waals surface area contributed by atoms with Gasteiger partial charge >= 0.3 is 0 Å². The molecule has 0 saturated heterocycles. The summed E-state index contributed by atoms with van der Waals surface area (Å²) in [4.78, 5) is 4.37. The van der Waals surface area contributed by atoms with Gasteiger partial charge in [0.2, 0.25) is 0 Å². The number of nitriles is 1. The highest BCUT2D eigenvalue weighted by atomic mass is 35.5. The van der Waals surface area contributed by atoms with E-state index < -0.39 is 17.2 Å². The maximum Gasteiger partial charge on any atom is 0.162 e. The third-order valence-corrected chi connectivity index (χ3v) is 5.23. The van der Waals surface area contributed by atoms with Gasteiger partial charge in [0.05, 0.1) is 23.4 Å². The molecule has 0 radical (unpaired) electrons. The van der Waals surface area contributed by atoms with Gasteiger partial charge in [0, 0.05) is 11.3 Å². The molecule has 0 bridgehead atoms. The number of nitrogens with zero attached hydrogens (tertiary/aromatic N) is 3.